The van der Waals surface area contributed by atoms with Gasteiger partial charge >= 0.3 is 6.18 Å². The Kier molecular flexibility index (Phi) is 6.15. The van der Waals surface area contributed by atoms with E-state index in [0.29, 0.717) is 26.2 Å². The van der Waals surface area contributed by atoms with Gasteiger partial charge in [0.2, 0.25) is 5.91 Å². The average molecular weight is 432 g/mol. The Bertz CT molecular complexity index is 772. The lowest BCUT2D eigenvalue weighted by Crippen LogP contribution is -2.51. The number of halogens is 4. The maximum absolute atomic E-state index is 12.9. The number of benzene rings is 1. The Morgan fingerprint density at radius 3 is 2.28 bits per heavy atom. The summed E-state index contributed by atoms with van der Waals surface area (Å²) in [6.45, 7) is 3.50. The van der Waals surface area contributed by atoms with Gasteiger partial charge in [-0.3, -0.25) is 9.59 Å². The van der Waals surface area contributed by atoms with Crippen molar-refractivity contribution in [3.05, 3.63) is 35.4 Å². The van der Waals surface area contributed by atoms with Gasteiger partial charge in [0.25, 0.3) is 5.91 Å². The number of rotatable bonds is 2. The first-order valence-electron chi connectivity index (χ1n) is 9.76. The quantitative estimate of drug-likeness (QED) is 0.783. The molecule has 1 saturated carbocycles. The third kappa shape index (κ3) is 4.38. The zero-order valence-corrected chi connectivity index (χ0v) is 16.8. The number of hydrogen-bond acceptors (Lipinski definition) is 3. The van der Waals surface area contributed by atoms with E-state index < -0.39 is 17.6 Å². The lowest BCUT2D eigenvalue weighted by Gasteiger charge is -2.35. The first-order chi connectivity index (χ1) is 13.3. The largest absolute Gasteiger partial charge is 0.416 e. The standard InChI is InChI=1S/C20H24F3N3O2.ClH/c21-20(22,23)15-3-1-2-14(12-15)17(27)25-8-10-26(11-9-25)18(28)16-13-19(16)4-6-24-7-5-19;/h1-3,12,16,24H,4-11,13H2;1H. The molecule has 5 nitrogen and oxygen atoms in total. The molecule has 0 radical (unpaired) electrons. The monoisotopic (exact) mass is 431 g/mol. The van der Waals surface area contributed by atoms with Crippen LogP contribution in [-0.4, -0.2) is 60.9 Å². The summed E-state index contributed by atoms with van der Waals surface area (Å²) in [5.74, 6) is -0.146. The van der Waals surface area contributed by atoms with E-state index in [1.54, 1.807) is 0 Å². The van der Waals surface area contributed by atoms with Gasteiger partial charge in [-0.05, 0) is 56.0 Å². The number of alkyl halides is 3. The van der Waals surface area contributed by atoms with E-state index in [4.69, 9.17) is 0 Å². The van der Waals surface area contributed by atoms with Gasteiger partial charge < -0.3 is 15.1 Å². The van der Waals surface area contributed by atoms with Gasteiger partial charge in [0, 0.05) is 37.7 Å². The highest BCUT2D eigenvalue weighted by molar-refractivity contribution is 5.94. The van der Waals surface area contributed by atoms with Crippen molar-refractivity contribution in [3.63, 3.8) is 0 Å². The second-order valence-electron chi connectivity index (χ2n) is 8.07. The van der Waals surface area contributed by atoms with E-state index in [1.165, 1.54) is 17.0 Å². The minimum absolute atomic E-state index is 0. The lowest BCUT2D eigenvalue weighted by molar-refractivity contribution is -0.137. The smallest absolute Gasteiger partial charge is 0.339 e. The van der Waals surface area contributed by atoms with E-state index in [1.807, 2.05) is 4.90 Å². The summed E-state index contributed by atoms with van der Waals surface area (Å²) in [5.41, 5.74) is -0.619. The molecule has 2 aliphatic heterocycles. The molecular weight excluding hydrogens is 407 g/mol. The molecule has 29 heavy (non-hydrogen) atoms. The first-order valence-corrected chi connectivity index (χ1v) is 9.76. The minimum Gasteiger partial charge on any atom is -0.339 e. The van der Waals surface area contributed by atoms with Gasteiger partial charge in [0.05, 0.1) is 5.56 Å². The number of carbonyl (C=O) groups is 2. The molecule has 2 saturated heterocycles. The molecule has 1 aliphatic carbocycles. The number of carbonyl (C=O) groups excluding carboxylic acids is 2. The highest BCUT2D eigenvalue weighted by Crippen LogP contribution is 2.59. The Morgan fingerprint density at radius 1 is 1.03 bits per heavy atom. The van der Waals surface area contributed by atoms with Crippen LogP contribution in [0.1, 0.15) is 35.2 Å². The van der Waals surface area contributed by atoms with Crippen LogP contribution < -0.4 is 5.32 Å². The van der Waals surface area contributed by atoms with Crippen LogP contribution in [0.5, 0.6) is 0 Å². The molecule has 3 aliphatic rings. The van der Waals surface area contributed by atoms with Crippen molar-refractivity contribution in [2.45, 2.75) is 25.4 Å². The summed E-state index contributed by atoms with van der Waals surface area (Å²) in [5, 5.41) is 3.33. The molecule has 2 heterocycles. The number of nitrogens with zero attached hydrogens (tertiary/aromatic N) is 2. The Balaban J connectivity index is 0.00000240. The number of nitrogens with one attached hydrogen (secondary N) is 1. The topological polar surface area (TPSA) is 52.7 Å². The van der Waals surface area contributed by atoms with Gasteiger partial charge in [0.15, 0.2) is 0 Å². The third-order valence-corrected chi connectivity index (χ3v) is 6.40. The highest BCUT2D eigenvalue weighted by atomic mass is 35.5. The van der Waals surface area contributed by atoms with Crippen LogP contribution in [0.3, 0.4) is 0 Å². The molecule has 2 amide bonds. The predicted molar refractivity (Wildman–Crippen MR) is 104 cm³/mol. The summed E-state index contributed by atoms with van der Waals surface area (Å²) < 4.78 is 38.6. The van der Waals surface area contributed by atoms with Crippen molar-refractivity contribution in [3.8, 4) is 0 Å². The van der Waals surface area contributed by atoms with Crippen molar-refractivity contribution < 1.29 is 22.8 Å². The van der Waals surface area contributed by atoms with E-state index in [0.717, 1.165) is 44.5 Å². The van der Waals surface area contributed by atoms with Gasteiger partial charge in [0.1, 0.15) is 0 Å². The van der Waals surface area contributed by atoms with Gasteiger partial charge in [-0.25, -0.2) is 0 Å². The fraction of sp³-hybridized carbons (Fsp3) is 0.600. The molecule has 1 unspecified atom stereocenters. The molecule has 4 rings (SSSR count). The number of amides is 2. The number of hydrogen-bond donors (Lipinski definition) is 1. The van der Waals surface area contributed by atoms with Gasteiger partial charge in [-0.15, -0.1) is 12.4 Å². The second kappa shape index (κ2) is 8.14. The Labute approximate surface area is 174 Å². The first kappa shape index (κ1) is 21.9. The molecule has 1 N–H and O–H groups in total. The molecule has 1 aromatic carbocycles. The van der Waals surface area contributed by atoms with Crippen molar-refractivity contribution in [1.29, 1.82) is 0 Å². The fourth-order valence-electron chi connectivity index (χ4n) is 4.54. The average Bonchev–Trinajstić information content (AvgIpc) is 3.39. The number of piperazine rings is 1. The Hall–Kier alpha value is -1.80. The molecule has 1 aromatic rings. The van der Waals surface area contributed by atoms with Crippen molar-refractivity contribution in [2.75, 3.05) is 39.3 Å². The van der Waals surface area contributed by atoms with E-state index in [-0.39, 0.29) is 35.2 Å². The van der Waals surface area contributed by atoms with Crippen LogP contribution in [-0.2, 0) is 11.0 Å². The lowest BCUT2D eigenvalue weighted by atomic mass is 9.91. The van der Waals surface area contributed by atoms with Crippen LogP contribution in [0, 0.1) is 11.3 Å². The normalized spacial score (nSPS) is 23.5. The Morgan fingerprint density at radius 2 is 1.66 bits per heavy atom. The van der Waals surface area contributed by atoms with E-state index in [9.17, 15) is 22.8 Å². The van der Waals surface area contributed by atoms with Crippen molar-refractivity contribution in [1.82, 2.24) is 15.1 Å². The number of piperidine rings is 1. The summed E-state index contributed by atoms with van der Waals surface area (Å²) in [7, 11) is 0. The molecular formula is C20H25ClF3N3O2. The SMILES string of the molecule is Cl.O=C(c1cccc(C(F)(F)F)c1)N1CCN(C(=O)C2CC23CCNCC3)CC1. The molecule has 1 spiro atoms. The van der Waals surface area contributed by atoms with Crippen molar-refractivity contribution >= 4 is 24.2 Å². The molecule has 9 heteroatoms. The fourth-order valence-corrected chi connectivity index (χ4v) is 4.54. The highest BCUT2D eigenvalue weighted by Gasteiger charge is 2.58. The molecule has 160 valence electrons. The van der Waals surface area contributed by atoms with Crippen LogP contribution in [0.4, 0.5) is 13.2 Å². The molecule has 1 atom stereocenters. The zero-order chi connectivity index (χ0) is 19.9. The maximum atomic E-state index is 12.9. The maximum Gasteiger partial charge on any atom is 0.416 e. The molecule has 0 aromatic heterocycles. The molecule has 3 fully saturated rings. The predicted octanol–water partition coefficient (Wildman–Crippen LogP) is 2.80. The summed E-state index contributed by atoms with van der Waals surface area (Å²) in [6, 6.07) is 4.51. The minimum atomic E-state index is -4.48. The van der Waals surface area contributed by atoms with E-state index in [2.05, 4.69) is 5.32 Å². The van der Waals surface area contributed by atoms with E-state index >= 15 is 0 Å². The van der Waals surface area contributed by atoms with Gasteiger partial charge in [-0.2, -0.15) is 13.2 Å². The van der Waals surface area contributed by atoms with Crippen LogP contribution in [0.25, 0.3) is 0 Å². The third-order valence-electron chi connectivity index (χ3n) is 6.40. The summed E-state index contributed by atoms with van der Waals surface area (Å²) in [6.07, 6.45) is -1.44. The molecule has 0 bridgehead atoms. The van der Waals surface area contributed by atoms with Gasteiger partial charge in [-0.1, -0.05) is 6.07 Å². The van der Waals surface area contributed by atoms with Crippen LogP contribution >= 0.6 is 12.4 Å². The second-order valence-corrected chi connectivity index (χ2v) is 8.07. The van der Waals surface area contributed by atoms with Crippen LogP contribution in [0.15, 0.2) is 24.3 Å². The van der Waals surface area contributed by atoms with Crippen molar-refractivity contribution in [2.24, 2.45) is 11.3 Å². The zero-order valence-electron chi connectivity index (χ0n) is 16.0. The summed E-state index contributed by atoms with van der Waals surface area (Å²) in [4.78, 5) is 28.8. The summed E-state index contributed by atoms with van der Waals surface area (Å²) >= 11 is 0. The van der Waals surface area contributed by atoms with Crippen LogP contribution in [0.2, 0.25) is 0 Å².